The molecule has 2 fully saturated rings. The summed E-state index contributed by atoms with van der Waals surface area (Å²) in [7, 11) is 3.41. The first-order valence-electron chi connectivity index (χ1n) is 14.5. The van der Waals surface area contributed by atoms with Crippen molar-refractivity contribution in [1.29, 1.82) is 0 Å². The van der Waals surface area contributed by atoms with E-state index in [1.807, 2.05) is 18.3 Å². The zero-order valence-electron chi connectivity index (χ0n) is 23.8. The van der Waals surface area contributed by atoms with Crippen LogP contribution in [0.15, 0.2) is 85.1 Å². The SMILES string of the molecule is COc1ccc(C23CCC(NC(=S)NCc4ccccc4)CC2N(Cc2cnc4ccccc4c2)CC3)cc1OC. The number of fused-ring (bicyclic) bond motifs is 2. The Morgan fingerprint density at radius 2 is 1.76 bits per heavy atom. The molecule has 6 nitrogen and oxygen atoms in total. The molecule has 1 aliphatic carbocycles. The van der Waals surface area contributed by atoms with E-state index < -0.39 is 0 Å². The van der Waals surface area contributed by atoms with Crippen molar-refractivity contribution < 1.29 is 9.47 Å². The molecule has 1 aliphatic heterocycles. The van der Waals surface area contributed by atoms with Gasteiger partial charge in [-0.25, -0.2) is 0 Å². The number of benzene rings is 3. The minimum Gasteiger partial charge on any atom is -0.493 e. The van der Waals surface area contributed by atoms with E-state index in [1.165, 1.54) is 22.1 Å². The normalized spacial score (nSPS) is 22.2. The lowest BCUT2D eigenvalue weighted by Gasteiger charge is -2.46. The first-order valence-corrected chi connectivity index (χ1v) is 14.9. The monoisotopic (exact) mass is 566 g/mol. The number of rotatable bonds is 8. The second-order valence-electron chi connectivity index (χ2n) is 11.3. The van der Waals surface area contributed by atoms with Gasteiger partial charge in [0.1, 0.15) is 0 Å². The summed E-state index contributed by atoms with van der Waals surface area (Å²) >= 11 is 5.74. The first-order chi connectivity index (χ1) is 20.1. The van der Waals surface area contributed by atoms with Gasteiger partial charge >= 0.3 is 0 Å². The van der Waals surface area contributed by atoms with Crippen LogP contribution in [0.25, 0.3) is 10.9 Å². The number of likely N-dealkylation sites (tertiary alicyclic amines) is 1. The van der Waals surface area contributed by atoms with Crippen molar-refractivity contribution in [2.45, 2.75) is 56.3 Å². The number of nitrogens with zero attached hydrogens (tertiary/aromatic N) is 2. The Kier molecular flexibility index (Phi) is 8.08. The Labute approximate surface area is 248 Å². The molecule has 2 N–H and O–H groups in total. The summed E-state index contributed by atoms with van der Waals surface area (Å²) in [4.78, 5) is 7.41. The Hall–Kier alpha value is -3.68. The molecule has 0 bridgehead atoms. The van der Waals surface area contributed by atoms with Gasteiger partial charge in [-0.1, -0.05) is 54.6 Å². The van der Waals surface area contributed by atoms with Crippen LogP contribution in [0.1, 0.15) is 42.4 Å². The van der Waals surface area contributed by atoms with Crippen LogP contribution >= 0.6 is 12.2 Å². The van der Waals surface area contributed by atoms with Crippen LogP contribution in [-0.2, 0) is 18.5 Å². The van der Waals surface area contributed by atoms with Crippen LogP contribution in [0.3, 0.4) is 0 Å². The van der Waals surface area contributed by atoms with Gasteiger partial charge in [0.25, 0.3) is 0 Å². The quantitative estimate of drug-likeness (QED) is 0.255. The number of pyridine rings is 1. The number of ether oxygens (including phenoxy) is 2. The van der Waals surface area contributed by atoms with Crippen LogP contribution in [0.2, 0.25) is 0 Å². The summed E-state index contributed by atoms with van der Waals surface area (Å²) in [5.41, 5.74) is 4.89. The van der Waals surface area contributed by atoms with Gasteiger partial charge in [0.2, 0.25) is 0 Å². The van der Waals surface area contributed by atoms with Crippen molar-refractivity contribution in [3.63, 3.8) is 0 Å². The van der Waals surface area contributed by atoms with Crippen LogP contribution in [0, 0.1) is 0 Å². The minimum absolute atomic E-state index is 0.0428. The summed E-state index contributed by atoms with van der Waals surface area (Å²) in [5, 5.41) is 8.98. The highest BCUT2D eigenvalue weighted by molar-refractivity contribution is 7.80. The Bertz CT molecular complexity index is 1510. The largest absolute Gasteiger partial charge is 0.493 e. The van der Waals surface area contributed by atoms with Crippen LogP contribution in [-0.4, -0.2) is 47.8 Å². The smallest absolute Gasteiger partial charge is 0.166 e. The highest BCUT2D eigenvalue weighted by Gasteiger charge is 2.51. The summed E-state index contributed by atoms with van der Waals surface area (Å²) in [6.45, 7) is 2.63. The first kappa shape index (κ1) is 27.5. The zero-order valence-corrected chi connectivity index (χ0v) is 24.6. The maximum absolute atomic E-state index is 5.74. The number of methoxy groups -OCH3 is 2. The van der Waals surface area contributed by atoms with Gasteiger partial charge < -0.3 is 20.1 Å². The molecule has 0 spiro atoms. The third-order valence-corrected chi connectivity index (χ3v) is 9.25. The molecule has 1 saturated heterocycles. The molecule has 212 valence electrons. The lowest BCUT2D eigenvalue weighted by atomic mass is 9.65. The van der Waals surface area contributed by atoms with Crippen molar-refractivity contribution in [2.24, 2.45) is 0 Å². The number of nitrogens with one attached hydrogen (secondary N) is 2. The summed E-state index contributed by atoms with van der Waals surface area (Å²) in [6, 6.07) is 28.2. The lowest BCUT2D eigenvalue weighted by Crippen LogP contribution is -2.53. The molecule has 41 heavy (non-hydrogen) atoms. The molecule has 7 heteroatoms. The van der Waals surface area contributed by atoms with Crippen LogP contribution in [0.4, 0.5) is 0 Å². The molecular weight excluding hydrogens is 528 g/mol. The van der Waals surface area contributed by atoms with Crippen molar-refractivity contribution in [3.8, 4) is 11.5 Å². The van der Waals surface area contributed by atoms with E-state index in [0.29, 0.717) is 12.1 Å². The Morgan fingerprint density at radius 3 is 2.59 bits per heavy atom. The average Bonchev–Trinajstić information content (AvgIpc) is 3.38. The number of thiocarbonyl (C=S) groups is 1. The van der Waals surface area contributed by atoms with Crippen LogP contribution < -0.4 is 20.1 Å². The second-order valence-corrected chi connectivity index (χ2v) is 11.7. The zero-order chi connectivity index (χ0) is 28.2. The van der Waals surface area contributed by atoms with E-state index in [9.17, 15) is 0 Å². The van der Waals surface area contributed by atoms with E-state index in [2.05, 4.69) is 82.3 Å². The van der Waals surface area contributed by atoms with E-state index in [1.54, 1.807) is 14.2 Å². The van der Waals surface area contributed by atoms with E-state index in [4.69, 9.17) is 26.7 Å². The third kappa shape index (κ3) is 5.74. The van der Waals surface area contributed by atoms with Crippen molar-refractivity contribution in [3.05, 3.63) is 102 Å². The fourth-order valence-corrected chi connectivity index (χ4v) is 7.14. The summed E-state index contributed by atoms with van der Waals surface area (Å²) < 4.78 is 11.3. The number of aromatic nitrogens is 1. The van der Waals surface area contributed by atoms with Gasteiger partial charge in [0.15, 0.2) is 16.6 Å². The lowest BCUT2D eigenvalue weighted by molar-refractivity contribution is 0.134. The second kappa shape index (κ2) is 12.0. The standard InChI is InChI=1S/C34H38N4O2S/c1-39-30-13-12-27(19-31(30)40-2)34-15-14-28(37-33(41)36-21-24-8-4-3-5-9-24)20-32(34)38(17-16-34)23-25-18-26-10-6-7-11-29(26)35-22-25/h3-13,18-19,22,28,32H,14-17,20-21,23H2,1-2H3,(H2,36,37,41). The van der Waals surface area contributed by atoms with Gasteiger partial charge in [0, 0.05) is 42.2 Å². The molecular formula is C34H38N4O2S. The van der Waals surface area contributed by atoms with Crippen molar-refractivity contribution in [2.75, 3.05) is 20.8 Å². The molecule has 0 amide bonds. The molecule has 2 heterocycles. The van der Waals surface area contributed by atoms with Gasteiger partial charge in [0.05, 0.1) is 19.7 Å². The fraction of sp³-hybridized carbons (Fsp3) is 0.353. The topological polar surface area (TPSA) is 58.7 Å². The average molecular weight is 567 g/mol. The number of hydrogen-bond acceptors (Lipinski definition) is 5. The van der Waals surface area contributed by atoms with Crippen molar-refractivity contribution >= 4 is 28.2 Å². The van der Waals surface area contributed by atoms with Gasteiger partial charge in [-0.2, -0.15) is 0 Å². The Balaban J connectivity index is 1.24. The van der Waals surface area contributed by atoms with Gasteiger partial charge in [-0.05, 0) is 85.4 Å². The number of para-hydroxylation sites is 1. The molecule has 1 aromatic heterocycles. The van der Waals surface area contributed by atoms with E-state index in [0.717, 1.165) is 67.4 Å². The predicted molar refractivity (Wildman–Crippen MR) is 168 cm³/mol. The predicted octanol–water partition coefficient (Wildman–Crippen LogP) is 5.98. The third-order valence-electron chi connectivity index (χ3n) is 8.99. The molecule has 3 aromatic carbocycles. The summed E-state index contributed by atoms with van der Waals surface area (Å²) in [6.07, 6.45) is 6.31. The maximum Gasteiger partial charge on any atom is 0.166 e. The molecule has 6 rings (SSSR count). The molecule has 0 radical (unpaired) electrons. The van der Waals surface area contributed by atoms with Crippen molar-refractivity contribution in [1.82, 2.24) is 20.5 Å². The van der Waals surface area contributed by atoms with Crippen LogP contribution in [0.5, 0.6) is 11.5 Å². The molecule has 3 unspecified atom stereocenters. The molecule has 2 aliphatic rings. The fourth-order valence-electron chi connectivity index (χ4n) is 6.90. The Morgan fingerprint density at radius 1 is 0.951 bits per heavy atom. The minimum atomic E-state index is 0.0428. The highest BCUT2D eigenvalue weighted by atomic mass is 32.1. The molecule has 4 aromatic rings. The van der Waals surface area contributed by atoms with Gasteiger partial charge in [-0.15, -0.1) is 0 Å². The van der Waals surface area contributed by atoms with Gasteiger partial charge in [-0.3, -0.25) is 9.88 Å². The molecule has 3 atom stereocenters. The highest BCUT2D eigenvalue weighted by Crippen LogP contribution is 2.50. The summed E-state index contributed by atoms with van der Waals surface area (Å²) in [5.74, 6) is 1.56. The number of hydrogen-bond donors (Lipinski definition) is 2. The maximum atomic E-state index is 5.74. The van der Waals surface area contributed by atoms with E-state index in [-0.39, 0.29) is 5.41 Å². The molecule has 1 saturated carbocycles. The van der Waals surface area contributed by atoms with E-state index >= 15 is 0 Å².